The lowest BCUT2D eigenvalue weighted by molar-refractivity contribution is 0.0938. The van der Waals surface area contributed by atoms with E-state index in [1.165, 1.54) is 0 Å². The van der Waals surface area contributed by atoms with Gasteiger partial charge in [0.05, 0.1) is 5.01 Å². The van der Waals surface area contributed by atoms with Crippen molar-refractivity contribution in [1.29, 1.82) is 0 Å². The third kappa shape index (κ3) is 2.80. The molecule has 0 atom stereocenters. The summed E-state index contributed by atoms with van der Waals surface area (Å²) in [6.45, 7) is 8.02. The molecule has 4 heteroatoms. The lowest BCUT2D eigenvalue weighted by atomic mass is 10.2. The highest BCUT2D eigenvalue weighted by Crippen LogP contribution is 2.18. The molecule has 1 heterocycles. The maximum Gasteiger partial charge on any atom is 0.270 e. The van der Waals surface area contributed by atoms with E-state index < -0.39 is 0 Å². The number of carbonyl (C=O) groups excluding carboxylic acids is 1. The summed E-state index contributed by atoms with van der Waals surface area (Å²) in [5, 5.41) is 5.64. The SMILES string of the molecule is CC(C)NC(=O)c1csc(C(C)C)n1.[HH]. The first kappa shape index (κ1) is 11.2. The van der Waals surface area contributed by atoms with Gasteiger partial charge in [0.2, 0.25) is 0 Å². The van der Waals surface area contributed by atoms with Crippen LogP contribution in [-0.4, -0.2) is 16.9 Å². The van der Waals surface area contributed by atoms with Crippen molar-refractivity contribution in [1.82, 2.24) is 10.3 Å². The fourth-order valence-corrected chi connectivity index (χ4v) is 1.81. The smallest absolute Gasteiger partial charge is 0.270 e. The van der Waals surface area contributed by atoms with Crippen LogP contribution in [0.4, 0.5) is 0 Å². The fourth-order valence-electron chi connectivity index (χ4n) is 0.993. The summed E-state index contributed by atoms with van der Waals surface area (Å²) in [4.78, 5) is 15.8. The molecule has 1 rings (SSSR count). The second-order valence-corrected chi connectivity index (χ2v) is 4.74. The molecule has 0 unspecified atom stereocenters. The normalized spacial score (nSPS) is 11.0. The van der Waals surface area contributed by atoms with Crippen LogP contribution >= 0.6 is 11.3 Å². The van der Waals surface area contributed by atoms with E-state index in [4.69, 9.17) is 0 Å². The molecule has 0 bridgehead atoms. The molecule has 0 radical (unpaired) electrons. The van der Waals surface area contributed by atoms with Gasteiger partial charge in [-0.1, -0.05) is 13.8 Å². The highest BCUT2D eigenvalue weighted by molar-refractivity contribution is 7.09. The number of rotatable bonds is 3. The predicted octanol–water partition coefficient (Wildman–Crippen LogP) is 2.65. The number of nitrogens with one attached hydrogen (secondary N) is 1. The van der Waals surface area contributed by atoms with Crippen molar-refractivity contribution < 1.29 is 6.22 Å². The maximum atomic E-state index is 11.5. The predicted molar refractivity (Wildman–Crippen MR) is 60.9 cm³/mol. The molecule has 80 valence electrons. The molecule has 1 N–H and O–H groups in total. The largest absolute Gasteiger partial charge is 0.349 e. The second-order valence-electron chi connectivity index (χ2n) is 3.85. The molecular weight excluding hydrogens is 196 g/mol. The first-order chi connectivity index (χ1) is 6.50. The van der Waals surface area contributed by atoms with E-state index in [1.54, 1.807) is 11.3 Å². The van der Waals surface area contributed by atoms with Gasteiger partial charge in [-0.15, -0.1) is 11.3 Å². The monoisotopic (exact) mass is 214 g/mol. The Morgan fingerprint density at radius 3 is 2.57 bits per heavy atom. The van der Waals surface area contributed by atoms with Crippen molar-refractivity contribution >= 4 is 17.2 Å². The number of hydrogen-bond acceptors (Lipinski definition) is 3. The van der Waals surface area contributed by atoms with E-state index in [-0.39, 0.29) is 13.4 Å². The number of carbonyl (C=O) groups is 1. The van der Waals surface area contributed by atoms with Gasteiger partial charge in [0, 0.05) is 18.8 Å². The molecule has 0 aliphatic carbocycles. The standard InChI is InChI=1S/C10H16N2OS.H2/c1-6(2)10-12-8(5-14-10)9(13)11-7(3)4;/h5-7H,1-4H3,(H,11,13);1H. The number of aromatic nitrogens is 1. The van der Waals surface area contributed by atoms with Crippen molar-refractivity contribution in [2.75, 3.05) is 0 Å². The molecule has 0 fully saturated rings. The van der Waals surface area contributed by atoms with Gasteiger partial charge in [-0.2, -0.15) is 0 Å². The third-order valence-corrected chi connectivity index (χ3v) is 2.81. The zero-order valence-electron chi connectivity index (χ0n) is 9.00. The molecule has 0 saturated heterocycles. The molecule has 0 aliphatic rings. The number of thiazole rings is 1. The molecule has 1 aromatic rings. The lowest BCUT2D eigenvalue weighted by Gasteiger charge is -2.05. The summed E-state index contributed by atoms with van der Waals surface area (Å²) >= 11 is 1.54. The van der Waals surface area contributed by atoms with E-state index in [1.807, 2.05) is 19.2 Å². The summed E-state index contributed by atoms with van der Waals surface area (Å²) in [5.74, 6) is 0.309. The Balaban J connectivity index is 0.00000196. The van der Waals surface area contributed by atoms with Crippen LogP contribution in [-0.2, 0) is 0 Å². The molecule has 1 aromatic heterocycles. The van der Waals surface area contributed by atoms with Gasteiger partial charge in [0.15, 0.2) is 0 Å². The maximum absolute atomic E-state index is 11.5. The Kier molecular flexibility index (Phi) is 3.63. The van der Waals surface area contributed by atoms with E-state index >= 15 is 0 Å². The molecule has 14 heavy (non-hydrogen) atoms. The second kappa shape index (κ2) is 4.55. The molecule has 3 nitrogen and oxygen atoms in total. The van der Waals surface area contributed by atoms with Gasteiger partial charge in [0.25, 0.3) is 5.91 Å². The lowest BCUT2D eigenvalue weighted by Crippen LogP contribution is -2.30. The highest BCUT2D eigenvalue weighted by Gasteiger charge is 2.12. The van der Waals surface area contributed by atoms with E-state index in [9.17, 15) is 4.79 Å². The summed E-state index contributed by atoms with van der Waals surface area (Å²) < 4.78 is 0. The minimum absolute atomic E-state index is 0. The highest BCUT2D eigenvalue weighted by atomic mass is 32.1. The van der Waals surface area contributed by atoms with E-state index in [2.05, 4.69) is 24.1 Å². The number of hydrogen-bond donors (Lipinski definition) is 1. The van der Waals surface area contributed by atoms with Crippen molar-refractivity contribution in [2.45, 2.75) is 39.7 Å². The number of nitrogens with zero attached hydrogens (tertiary/aromatic N) is 1. The number of amides is 1. The molecule has 1 amide bonds. The van der Waals surface area contributed by atoms with Crippen molar-refractivity contribution in [3.8, 4) is 0 Å². The van der Waals surface area contributed by atoms with Crippen LogP contribution < -0.4 is 5.32 Å². The van der Waals surface area contributed by atoms with Crippen LogP contribution in [0.2, 0.25) is 0 Å². The van der Waals surface area contributed by atoms with Crippen molar-refractivity contribution in [2.24, 2.45) is 0 Å². The first-order valence-electron chi connectivity index (χ1n) is 4.77. The van der Waals surface area contributed by atoms with Crippen molar-refractivity contribution in [3.63, 3.8) is 0 Å². The Morgan fingerprint density at radius 2 is 2.14 bits per heavy atom. The van der Waals surface area contributed by atoms with E-state index in [0.717, 1.165) is 5.01 Å². The van der Waals surface area contributed by atoms with Crippen LogP contribution in [0.15, 0.2) is 5.38 Å². The zero-order valence-corrected chi connectivity index (χ0v) is 9.81. The summed E-state index contributed by atoms with van der Waals surface area (Å²) in [6, 6.07) is 0.159. The average Bonchev–Trinajstić information content (AvgIpc) is 2.50. The first-order valence-corrected chi connectivity index (χ1v) is 5.65. The van der Waals surface area contributed by atoms with E-state index in [0.29, 0.717) is 11.6 Å². The summed E-state index contributed by atoms with van der Waals surface area (Å²) in [7, 11) is 0. The van der Waals surface area contributed by atoms with Gasteiger partial charge in [-0.25, -0.2) is 4.98 Å². The minimum Gasteiger partial charge on any atom is -0.349 e. The quantitative estimate of drug-likeness (QED) is 0.840. The summed E-state index contributed by atoms with van der Waals surface area (Å²) in [6.07, 6.45) is 0. The Morgan fingerprint density at radius 1 is 1.50 bits per heavy atom. The van der Waals surface area contributed by atoms with Crippen LogP contribution in [0.1, 0.15) is 50.5 Å². The zero-order chi connectivity index (χ0) is 10.7. The van der Waals surface area contributed by atoms with Gasteiger partial charge < -0.3 is 5.32 Å². The van der Waals surface area contributed by atoms with Crippen LogP contribution in [0, 0.1) is 0 Å². The molecule has 0 aliphatic heterocycles. The van der Waals surface area contributed by atoms with Gasteiger partial charge >= 0.3 is 0 Å². The van der Waals surface area contributed by atoms with Gasteiger partial charge in [-0.05, 0) is 13.8 Å². The third-order valence-electron chi connectivity index (χ3n) is 1.67. The fraction of sp³-hybridized carbons (Fsp3) is 0.600. The van der Waals surface area contributed by atoms with Gasteiger partial charge in [0.1, 0.15) is 5.69 Å². The molecule has 0 saturated carbocycles. The topological polar surface area (TPSA) is 42.0 Å². The Labute approximate surface area is 90.0 Å². The molecule has 0 spiro atoms. The Hall–Kier alpha value is -0.900. The van der Waals surface area contributed by atoms with Crippen LogP contribution in [0.3, 0.4) is 0 Å². The summed E-state index contributed by atoms with van der Waals surface area (Å²) in [5.41, 5.74) is 0.535. The minimum atomic E-state index is -0.0804. The van der Waals surface area contributed by atoms with Crippen molar-refractivity contribution in [3.05, 3.63) is 16.1 Å². The van der Waals surface area contributed by atoms with Gasteiger partial charge in [-0.3, -0.25) is 4.79 Å². The van der Waals surface area contributed by atoms with Crippen LogP contribution in [0.5, 0.6) is 0 Å². The van der Waals surface area contributed by atoms with Crippen LogP contribution in [0.25, 0.3) is 0 Å². The Bertz CT molecular complexity index is 323. The molecule has 0 aromatic carbocycles. The molecular formula is C10H18N2OS. The average molecular weight is 214 g/mol.